The molecule has 1 aromatic carbocycles. The monoisotopic (exact) mass is 403 g/mol. The van der Waals surface area contributed by atoms with Crippen molar-refractivity contribution in [3.05, 3.63) is 40.6 Å². The summed E-state index contributed by atoms with van der Waals surface area (Å²) < 4.78 is 17.6. The summed E-state index contributed by atoms with van der Waals surface area (Å²) in [7, 11) is 3.32. The standard InChI is InChI=1S/C18H18BrN3O3/c1-23-13-6-3-11(16(7-13)24-2)10-22(12-4-5-12)18-21-15-9-20-8-14(19)17(15)25-18/h3,6-9,12H,4-5,10H2,1-2H3. The van der Waals surface area contributed by atoms with Gasteiger partial charge < -0.3 is 18.8 Å². The molecule has 0 bridgehead atoms. The quantitative estimate of drug-likeness (QED) is 0.615. The third kappa shape index (κ3) is 3.16. The molecule has 1 aliphatic rings. The molecule has 2 aromatic heterocycles. The number of methoxy groups -OCH3 is 2. The number of pyridine rings is 1. The highest BCUT2D eigenvalue weighted by molar-refractivity contribution is 9.10. The van der Waals surface area contributed by atoms with E-state index in [1.807, 2.05) is 18.2 Å². The number of rotatable bonds is 6. The molecule has 1 fully saturated rings. The van der Waals surface area contributed by atoms with E-state index in [9.17, 15) is 0 Å². The number of ether oxygens (including phenoxy) is 2. The van der Waals surface area contributed by atoms with Crippen molar-refractivity contribution in [2.24, 2.45) is 0 Å². The maximum absolute atomic E-state index is 6.02. The maximum atomic E-state index is 6.02. The van der Waals surface area contributed by atoms with Gasteiger partial charge in [0.05, 0.1) is 31.4 Å². The van der Waals surface area contributed by atoms with E-state index in [1.54, 1.807) is 26.6 Å². The smallest absolute Gasteiger partial charge is 0.299 e. The lowest BCUT2D eigenvalue weighted by Crippen LogP contribution is -2.25. The van der Waals surface area contributed by atoms with Gasteiger partial charge in [0.1, 0.15) is 17.0 Å². The number of aromatic nitrogens is 2. The molecule has 0 N–H and O–H groups in total. The lowest BCUT2D eigenvalue weighted by Gasteiger charge is -2.21. The molecule has 1 saturated carbocycles. The van der Waals surface area contributed by atoms with Crippen LogP contribution in [0, 0.1) is 0 Å². The molecule has 0 atom stereocenters. The highest BCUT2D eigenvalue weighted by Gasteiger charge is 2.33. The average Bonchev–Trinajstić information content (AvgIpc) is 3.38. The summed E-state index contributed by atoms with van der Waals surface area (Å²) in [5.41, 5.74) is 2.53. The fourth-order valence-corrected chi connectivity index (χ4v) is 3.24. The summed E-state index contributed by atoms with van der Waals surface area (Å²) in [6.07, 6.45) is 5.70. The van der Waals surface area contributed by atoms with Crippen LogP contribution in [0.25, 0.3) is 11.1 Å². The minimum atomic E-state index is 0.437. The predicted molar refractivity (Wildman–Crippen MR) is 98.3 cm³/mol. The van der Waals surface area contributed by atoms with Crippen LogP contribution in [0.5, 0.6) is 11.5 Å². The second kappa shape index (κ2) is 6.55. The summed E-state index contributed by atoms with van der Waals surface area (Å²) in [4.78, 5) is 11.0. The van der Waals surface area contributed by atoms with E-state index >= 15 is 0 Å². The van der Waals surface area contributed by atoms with Crippen molar-refractivity contribution in [2.75, 3.05) is 19.1 Å². The van der Waals surface area contributed by atoms with Gasteiger partial charge in [-0.05, 0) is 40.9 Å². The molecule has 4 rings (SSSR count). The molecule has 0 aliphatic heterocycles. The second-order valence-electron chi connectivity index (χ2n) is 6.00. The number of halogens is 1. The molecule has 25 heavy (non-hydrogen) atoms. The van der Waals surface area contributed by atoms with Crippen LogP contribution in [-0.4, -0.2) is 30.2 Å². The van der Waals surface area contributed by atoms with Gasteiger partial charge in [-0.2, -0.15) is 4.98 Å². The first-order valence-corrected chi connectivity index (χ1v) is 8.86. The van der Waals surface area contributed by atoms with Gasteiger partial charge in [0.2, 0.25) is 0 Å². The van der Waals surface area contributed by atoms with Crippen molar-refractivity contribution in [1.29, 1.82) is 0 Å². The number of hydrogen-bond donors (Lipinski definition) is 0. The summed E-state index contributed by atoms with van der Waals surface area (Å²) in [6.45, 7) is 0.662. The first kappa shape index (κ1) is 16.2. The Morgan fingerprint density at radius 1 is 1.24 bits per heavy atom. The number of anilines is 1. The van der Waals surface area contributed by atoms with Crippen LogP contribution in [0.1, 0.15) is 18.4 Å². The molecule has 0 amide bonds. The molecule has 3 aromatic rings. The molecule has 6 nitrogen and oxygen atoms in total. The summed E-state index contributed by atoms with van der Waals surface area (Å²) in [5.74, 6) is 1.57. The van der Waals surface area contributed by atoms with E-state index in [4.69, 9.17) is 13.9 Å². The van der Waals surface area contributed by atoms with E-state index in [0.717, 1.165) is 45.5 Å². The largest absolute Gasteiger partial charge is 0.497 e. The Balaban J connectivity index is 1.69. The fraction of sp³-hybridized carbons (Fsp3) is 0.333. The summed E-state index contributed by atoms with van der Waals surface area (Å²) in [5, 5.41) is 0. The summed E-state index contributed by atoms with van der Waals surface area (Å²) >= 11 is 3.47. The first-order valence-electron chi connectivity index (χ1n) is 8.07. The van der Waals surface area contributed by atoms with E-state index in [-0.39, 0.29) is 0 Å². The molecule has 2 heterocycles. The third-order valence-corrected chi connectivity index (χ3v) is 4.88. The van der Waals surface area contributed by atoms with Crippen molar-refractivity contribution in [3.63, 3.8) is 0 Å². The number of benzene rings is 1. The molecule has 0 radical (unpaired) electrons. The Hall–Kier alpha value is -2.28. The van der Waals surface area contributed by atoms with Crippen molar-refractivity contribution in [3.8, 4) is 11.5 Å². The van der Waals surface area contributed by atoms with E-state index < -0.39 is 0 Å². The van der Waals surface area contributed by atoms with Gasteiger partial charge in [0.25, 0.3) is 6.01 Å². The number of fused-ring (bicyclic) bond motifs is 1. The van der Waals surface area contributed by atoms with Crippen molar-refractivity contribution < 1.29 is 13.9 Å². The van der Waals surface area contributed by atoms with Crippen LogP contribution >= 0.6 is 15.9 Å². The lowest BCUT2D eigenvalue weighted by atomic mass is 10.1. The van der Waals surface area contributed by atoms with Gasteiger partial charge in [-0.25, -0.2) is 0 Å². The van der Waals surface area contributed by atoms with Crippen molar-refractivity contribution in [2.45, 2.75) is 25.4 Å². The Bertz CT molecular complexity index is 908. The molecule has 0 spiro atoms. The maximum Gasteiger partial charge on any atom is 0.299 e. The van der Waals surface area contributed by atoms with Gasteiger partial charge in [-0.15, -0.1) is 0 Å². The van der Waals surface area contributed by atoms with Crippen molar-refractivity contribution in [1.82, 2.24) is 9.97 Å². The molecule has 0 unspecified atom stereocenters. The number of hydrogen-bond acceptors (Lipinski definition) is 6. The van der Waals surface area contributed by atoms with Crippen LogP contribution in [0.2, 0.25) is 0 Å². The van der Waals surface area contributed by atoms with Crippen molar-refractivity contribution >= 4 is 33.0 Å². The van der Waals surface area contributed by atoms with E-state index in [2.05, 4.69) is 30.8 Å². The van der Waals surface area contributed by atoms with Crippen LogP contribution < -0.4 is 14.4 Å². The molecular formula is C18H18BrN3O3. The molecule has 1 aliphatic carbocycles. The average molecular weight is 404 g/mol. The topological polar surface area (TPSA) is 60.6 Å². The van der Waals surface area contributed by atoms with Gasteiger partial charge in [0, 0.05) is 23.9 Å². The number of nitrogens with zero attached hydrogens (tertiary/aromatic N) is 3. The molecular weight excluding hydrogens is 386 g/mol. The molecule has 7 heteroatoms. The summed E-state index contributed by atoms with van der Waals surface area (Å²) in [6, 6.07) is 6.91. The zero-order chi connectivity index (χ0) is 17.4. The Kier molecular flexibility index (Phi) is 4.25. The number of oxazole rings is 1. The van der Waals surface area contributed by atoms with Crippen LogP contribution in [-0.2, 0) is 6.54 Å². The van der Waals surface area contributed by atoms with E-state index in [1.165, 1.54) is 0 Å². The van der Waals surface area contributed by atoms with Crippen LogP contribution in [0.4, 0.5) is 6.01 Å². The van der Waals surface area contributed by atoms with Crippen LogP contribution in [0.3, 0.4) is 0 Å². The Labute approximate surface area is 153 Å². The van der Waals surface area contributed by atoms with Gasteiger partial charge in [0.15, 0.2) is 5.58 Å². The fourth-order valence-electron chi connectivity index (χ4n) is 2.84. The zero-order valence-electron chi connectivity index (χ0n) is 14.0. The molecule has 0 saturated heterocycles. The van der Waals surface area contributed by atoms with E-state index in [0.29, 0.717) is 18.6 Å². The Morgan fingerprint density at radius 2 is 2.08 bits per heavy atom. The van der Waals surface area contributed by atoms with Gasteiger partial charge in [-0.1, -0.05) is 0 Å². The lowest BCUT2D eigenvalue weighted by molar-refractivity contribution is 0.390. The predicted octanol–water partition coefficient (Wildman–Crippen LogP) is 4.17. The normalized spacial score (nSPS) is 13.9. The van der Waals surface area contributed by atoms with Crippen LogP contribution in [0.15, 0.2) is 39.5 Å². The van der Waals surface area contributed by atoms with Gasteiger partial charge in [-0.3, -0.25) is 4.98 Å². The minimum Gasteiger partial charge on any atom is -0.497 e. The Morgan fingerprint density at radius 3 is 2.76 bits per heavy atom. The third-order valence-electron chi connectivity index (χ3n) is 4.31. The minimum absolute atomic E-state index is 0.437. The highest BCUT2D eigenvalue weighted by atomic mass is 79.9. The first-order chi connectivity index (χ1) is 12.2. The molecule has 130 valence electrons. The zero-order valence-corrected chi connectivity index (χ0v) is 15.6. The van der Waals surface area contributed by atoms with Gasteiger partial charge >= 0.3 is 0 Å². The second-order valence-corrected chi connectivity index (χ2v) is 6.86. The SMILES string of the molecule is COc1ccc(CN(c2nc3cncc(Br)c3o2)C2CC2)c(OC)c1. The highest BCUT2D eigenvalue weighted by Crippen LogP contribution is 2.37.